The lowest BCUT2D eigenvalue weighted by Crippen LogP contribution is -2.40. The maximum Gasteiger partial charge on any atom is 0.328 e. The van der Waals surface area contributed by atoms with Crippen LogP contribution in [-0.4, -0.2) is 22.7 Å². The van der Waals surface area contributed by atoms with Crippen molar-refractivity contribution in [1.82, 2.24) is 20.9 Å². The standard InChI is InChI=1S/C6H11N5O2/c1-4-9-5(13-11-4)2-3-8-6(12)10-7/h2-3,7H2,1H3,(H2,8,10,12). The van der Waals surface area contributed by atoms with E-state index >= 15 is 0 Å². The van der Waals surface area contributed by atoms with Crippen molar-refractivity contribution in [2.75, 3.05) is 6.54 Å². The monoisotopic (exact) mass is 185 g/mol. The number of hydrogen-bond acceptors (Lipinski definition) is 5. The van der Waals surface area contributed by atoms with Gasteiger partial charge in [-0.15, -0.1) is 0 Å². The van der Waals surface area contributed by atoms with Crippen LogP contribution in [0, 0.1) is 6.92 Å². The number of amides is 2. The van der Waals surface area contributed by atoms with Crippen LogP contribution < -0.4 is 16.6 Å². The Morgan fingerprint density at radius 1 is 1.69 bits per heavy atom. The van der Waals surface area contributed by atoms with Crippen LogP contribution in [0.5, 0.6) is 0 Å². The normalized spacial score (nSPS) is 9.69. The molecular weight excluding hydrogens is 174 g/mol. The van der Waals surface area contributed by atoms with Gasteiger partial charge in [0.2, 0.25) is 5.89 Å². The van der Waals surface area contributed by atoms with Crippen LogP contribution in [0.2, 0.25) is 0 Å². The summed E-state index contributed by atoms with van der Waals surface area (Å²) in [6.07, 6.45) is 0.494. The Hall–Kier alpha value is -1.63. The minimum absolute atomic E-state index is 0.407. The Balaban J connectivity index is 2.24. The number of nitrogens with one attached hydrogen (secondary N) is 2. The second-order valence-electron chi connectivity index (χ2n) is 2.39. The van der Waals surface area contributed by atoms with E-state index in [1.165, 1.54) is 0 Å². The van der Waals surface area contributed by atoms with E-state index in [0.717, 1.165) is 0 Å². The van der Waals surface area contributed by atoms with Crippen molar-refractivity contribution in [2.24, 2.45) is 5.84 Å². The van der Waals surface area contributed by atoms with Crippen LogP contribution in [0.1, 0.15) is 11.7 Å². The molecule has 0 bridgehead atoms. The number of aromatic nitrogens is 2. The van der Waals surface area contributed by atoms with Gasteiger partial charge in [0.05, 0.1) is 0 Å². The molecule has 7 heteroatoms. The van der Waals surface area contributed by atoms with E-state index in [2.05, 4.69) is 15.5 Å². The molecule has 4 N–H and O–H groups in total. The molecule has 13 heavy (non-hydrogen) atoms. The Bertz CT molecular complexity index is 284. The fourth-order valence-corrected chi connectivity index (χ4v) is 0.776. The molecule has 7 nitrogen and oxygen atoms in total. The molecule has 72 valence electrons. The topological polar surface area (TPSA) is 106 Å². The molecule has 0 saturated carbocycles. The number of carbonyl (C=O) groups is 1. The summed E-state index contributed by atoms with van der Waals surface area (Å²) in [7, 11) is 0. The summed E-state index contributed by atoms with van der Waals surface area (Å²) in [6.45, 7) is 2.14. The number of hydrazine groups is 1. The number of aryl methyl sites for hydroxylation is 1. The Labute approximate surface area is 74.6 Å². The lowest BCUT2D eigenvalue weighted by Gasteiger charge is -2.00. The average molecular weight is 185 g/mol. The van der Waals surface area contributed by atoms with Crippen molar-refractivity contribution in [3.8, 4) is 0 Å². The van der Waals surface area contributed by atoms with Gasteiger partial charge in [0.15, 0.2) is 5.82 Å². The van der Waals surface area contributed by atoms with Crippen molar-refractivity contribution in [1.29, 1.82) is 0 Å². The van der Waals surface area contributed by atoms with Gasteiger partial charge in [-0.05, 0) is 6.92 Å². The van der Waals surface area contributed by atoms with E-state index in [1.807, 2.05) is 5.43 Å². The number of nitrogens with two attached hydrogens (primary N) is 1. The van der Waals surface area contributed by atoms with Crippen LogP contribution in [-0.2, 0) is 6.42 Å². The summed E-state index contributed by atoms with van der Waals surface area (Å²) in [4.78, 5) is 14.5. The van der Waals surface area contributed by atoms with Gasteiger partial charge in [0.25, 0.3) is 0 Å². The zero-order chi connectivity index (χ0) is 9.68. The van der Waals surface area contributed by atoms with Crippen LogP contribution in [0.15, 0.2) is 4.52 Å². The highest BCUT2D eigenvalue weighted by molar-refractivity contribution is 5.72. The summed E-state index contributed by atoms with van der Waals surface area (Å²) in [6, 6.07) is -0.434. The maximum atomic E-state index is 10.6. The molecule has 0 aliphatic rings. The predicted octanol–water partition coefficient (Wildman–Crippen LogP) is -0.907. The molecule has 0 spiro atoms. The van der Waals surface area contributed by atoms with Crippen molar-refractivity contribution in [3.05, 3.63) is 11.7 Å². The Kier molecular flexibility index (Phi) is 3.21. The van der Waals surface area contributed by atoms with Crippen molar-refractivity contribution in [2.45, 2.75) is 13.3 Å². The van der Waals surface area contributed by atoms with Gasteiger partial charge < -0.3 is 9.84 Å². The molecule has 0 atom stereocenters. The summed E-state index contributed by atoms with van der Waals surface area (Å²) >= 11 is 0. The second-order valence-corrected chi connectivity index (χ2v) is 2.39. The first-order valence-corrected chi connectivity index (χ1v) is 3.76. The molecule has 0 aliphatic heterocycles. The molecule has 1 rings (SSSR count). The van der Waals surface area contributed by atoms with Gasteiger partial charge in [-0.1, -0.05) is 5.16 Å². The first-order chi connectivity index (χ1) is 6.22. The van der Waals surface area contributed by atoms with Gasteiger partial charge >= 0.3 is 6.03 Å². The molecule has 0 radical (unpaired) electrons. The van der Waals surface area contributed by atoms with Crippen LogP contribution in [0.3, 0.4) is 0 Å². The number of urea groups is 1. The average Bonchev–Trinajstić information content (AvgIpc) is 2.51. The van der Waals surface area contributed by atoms with Gasteiger partial charge in [-0.2, -0.15) is 4.98 Å². The minimum Gasteiger partial charge on any atom is -0.339 e. The molecule has 0 saturated heterocycles. The van der Waals surface area contributed by atoms with E-state index in [0.29, 0.717) is 24.7 Å². The van der Waals surface area contributed by atoms with Crippen molar-refractivity contribution >= 4 is 6.03 Å². The lowest BCUT2D eigenvalue weighted by atomic mass is 10.4. The Morgan fingerprint density at radius 3 is 3.00 bits per heavy atom. The maximum absolute atomic E-state index is 10.6. The molecule has 0 fully saturated rings. The zero-order valence-corrected chi connectivity index (χ0v) is 7.20. The van der Waals surface area contributed by atoms with Gasteiger partial charge in [-0.25, -0.2) is 10.6 Å². The zero-order valence-electron chi connectivity index (χ0n) is 7.20. The molecule has 1 heterocycles. The summed E-state index contributed by atoms with van der Waals surface area (Å²) in [5, 5.41) is 6.08. The first-order valence-electron chi connectivity index (χ1n) is 3.76. The van der Waals surface area contributed by atoms with Gasteiger partial charge in [-0.3, -0.25) is 5.43 Å². The van der Waals surface area contributed by atoms with Crippen LogP contribution in [0.4, 0.5) is 4.79 Å². The number of carbonyl (C=O) groups excluding carboxylic acids is 1. The van der Waals surface area contributed by atoms with Crippen molar-refractivity contribution < 1.29 is 9.32 Å². The first kappa shape index (κ1) is 9.46. The molecule has 2 amide bonds. The number of hydrogen-bond donors (Lipinski definition) is 3. The highest BCUT2D eigenvalue weighted by Crippen LogP contribution is 1.95. The molecule has 0 unspecified atom stereocenters. The second kappa shape index (κ2) is 4.41. The Morgan fingerprint density at radius 2 is 2.46 bits per heavy atom. The minimum atomic E-state index is -0.434. The number of rotatable bonds is 3. The van der Waals surface area contributed by atoms with Gasteiger partial charge in [0, 0.05) is 13.0 Å². The van der Waals surface area contributed by atoms with E-state index in [-0.39, 0.29) is 0 Å². The molecule has 1 aromatic heterocycles. The highest BCUT2D eigenvalue weighted by atomic mass is 16.5. The lowest BCUT2D eigenvalue weighted by molar-refractivity contribution is 0.241. The van der Waals surface area contributed by atoms with Gasteiger partial charge in [0.1, 0.15) is 0 Å². The third-order valence-corrected chi connectivity index (χ3v) is 1.33. The quantitative estimate of drug-likeness (QED) is 0.321. The fraction of sp³-hybridized carbons (Fsp3) is 0.500. The SMILES string of the molecule is Cc1noc(CCNC(=O)NN)n1. The molecule has 0 aromatic carbocycles. The smallest absolute Gasteiger partial charge is 0.328 e. The summed E-state index contributed by atoms with van der Waals surface area (Å²) < 4.78 is 4.82. The van der Waals surface area contributed by atoms with E-state index in [1.54, 1.807) is 6.92 Å². The summed E-state index contributed by atoms with van der Waals surface area (Å²) in [5.74, 6) is 5.92. The fourth-order valence-electron chi connectivity index (χ4n) is 0.776. The third kappa shape index (κ3) is 3.08. The summed E-state index contributed by atoms with van der Waals surface area (Å²) in [5.41, 5.74) is 1.94. The number of nitrogens with zero attached hydrogens (tertiary/aromatic N) is 2. The van der Waals surface area contributed by atoms with Crippen molar-refractivity contribution in [3.63, 3.8) is 0 Å². The van der Waals surface area contributed by atoms with Crippen LogP contribution >= 0.6 is 0 Å². The largest absolute Gasteiger partial charge is 0.339 e. The predicted molar refractivity (Wildman–Crippen MR) is 43.5 cm³/mol. The van der Waals surface area contributed by atoms with E-state index < -0.39 is 6.03 Å². The molecule has 0 aliphatic carbocycles. The molecular formula is C6H11N5O2. The van der Waals surface area contributed by atoms with E-state index in [9.17, 15) is 4.79 Å². The van der Waals surface area contributed by atoms with Crippen LogP contribution in [0.25, 0.3) is 0 Å². The van der Waals surface area contributed by atoms with E-state index in [4.69, 9.17) is 10.4 Å². The third-order valence-electron chi connectivity index (χ3n) is 1.33. The molecule has 1 aromatic rings. The highest BCUT2D eigenvalue weighted by Gasteiger charge is 2.02.